The molecule has 88 valence electrons. The van der Waals surface area contributed by atoms with Gasteiger partial charge in [0.25, 0.3) is 0 Å². The monoisotopic (exact) mass is 223 g/mol. The molecule has 1 aliphatic heterocycles. The number of benzene rings is 1. The van der Waals surface area contributed by atoms with E-state index >= 15 is 0 Å². The average molecular weight is 223 g/mol. The number of rotatable bonds is 2. The lowest BCUT2D eigenvalue weighted by atomic mass is 9.89. The molecule has 0 radical (unpaired) electrons. The molecule has 4 heteroatoms. The summed E-state index contributed by atoms with van der Waals surface area (Å²) in [5, 5.41) is 29.8. The van der Waals surface area contributed by atoms with Crippen molar-refractivity contribution in [1.29, 1.82) is 0 Å². The zero-order valence-corrected chi connectivity index (χ0v) is 9.08. The van der Waals surface area contributed by atoms with Crippen molar-refractivity contribution in [2.24, 2.45) is 0 Å². The quantitative estimate of drug-likeness (QED) is 0.672. The van der Waals surface area contributed by atoms with Crippen LogP contribution in [0.1, 0.15) is 18.4 Å². The smallest absolute Gasteiger partial charge is 0.172 e. The molecule has 3 N–H and O–H groups in total. The van der Waals surface area contributed by atoms with Crippen molar-refractivity contribution >= 4 is 0 Å². The van der Waals surface area contributed by atoms with Crippen molar-refractivity contribution in [1.82, 2.24) is 4.90 Å². The standard InChI is InChI=1S/C12H17NO3/c14-9-13-8-4-7-11(15)12(13,16)10-5-2-1-3-6-10/h1-3,5-6,11,14-16H,4,7-9H2. The Balaban J connectivity index is 2.39. The summed E-state index contributed by atoms with van der Waals surface area (Å²) in [6.45, 7) is 0.321. The number of piperidine rings is 1. The van der Waals surface area contributed by atoms with Gasteiger partial charge >= 0.3 is 0 Å². The first-order valence-corrected chi connectivity index (χ1v) is 5.51. The fourth-order valence-corrected chi connectivity index (χ4v) is 2.29. The summed E-state index contributed by atoms with van der Waals surface area (Å²) in [7, 11) is 0. The van der Waals surface area contributed by atoms with Gasteiger partial charge in [-0.3, -0.25) is 0 Å². The van der Waals surface area contributed by atoms with Crippen molar-refractivity contribution < 1.29 is 15.3 Å². The van der Waals surface area contributed by atoms with Crippen LogP contribution in [-0.2, 0) is 5.72 Å². The zero-order chi connectivity index (χ0) is 11.6. The minimum atomic E-state index is -1.46. The maximum absolute atomic E-state index is 10.6. The van der Waals surface area contributed by atoms with Crippen LogP contribution in [-0.4, -0.2) is 39.6 Å². The van der Waals surface area contributed by atoms with Crippen LogP contribution in [0.4, 0.5) is 0 Å². The second-order valence-electron chi connectivity index (χ2n) is 4.16. The Hall–Kier alpha value is -0.940. The van der Waals surface area contributed by atoms with Crippen LogP contribution in [0.2, 0.25) is 0 Å². The topological polar surface area (TPSA) is 63.9 Å². The summed E-state index contributed by atoms with van der Waals surface area (Å²) < 4.78 is 0. The molecule has 2 unspecified atom stereocenters. The van der Waals surface area contributed by atoms with Gasteiger partial charge in [-0.1, -0.05) is 30.3 Å². The number of aliphatic hydroxyl groups excluding tert-OH is 2. The molecule has 0 saturated carbocycles. The average Bonchev–Trinajstić information content (AvgIpc) is 2.34. The molecule has 1 heterocycles. The molecule has 0 spiro atoms. The van der Waals surface area contributed by atoms with Gasteiger partial charge in [0.2, 0.25) is 0 Å². The van der Waals surface area contributed by atoms with Crippen molar-refractivity contribution in [3.63, 3.8) is 0 Å². The highest BCUT2D eigenvalue weighted by molar-refractivity contribution is 5.23. The fourth-order valence-electron chi connectivity index (χ4n) is 2.29. The zero-order valence-electron chi connectivity index (χ0n) is 9.08. The van der Waals surface area contributed by atoms with Crippen molar-refractivity contribution in [3.8, 4) is 0 Å². The fraction of sp³-hybridized carbons (Fsp3) is 0.500. The van der Waals surface area contributed by atoms with Crippen LogP contribution >= 0.6 is 0 Å². The van der Waals surface area contributed by atoms with Gasteiger partial charge in [-0.2, -0.15) is 0 Å². The van der Waals surface area contributed by atoms with Gasteiger partial charge in [0.1, 0.15) is 6.10 Å². The Kier molecular flexibility index (Phi) is 3.25. The molecule has 16 heavy (non-hydrogen) atoms. The molecule has 1 saturated heterocycles. The van der Waals surface area contributed by atoms with E-state index in [9.17, 15) is 15.3 Å². The van der Waals surface area contributed by atoms with E-state index in [4.69, 9.17) is 0 Å². The normalized spacial score (nSPS) is 31.6. The number of likely N-dealkylation sites (tertiary alicyclic amines) is 1. The first-order valence-electron chi connectivity index (χ1n) is 5.51. The van der Waals surface area contributed by atoms with Crippen LogP contribution in [0.3, 0.4) is 0 Å². The predicted molar refractivity (Wildman–Crippen MR) is 59.4 cm³/mol. The third-order valence-electron chi connectivity index (χ3n) is 3.22. The third-order valence-corrected chi connectivity index (χ3v) is 3.22. The van der Waals surface area contributed by atoms with E-state index in [1.165, 1.54) is 4.90 Å². The Bertz CT molecular complexity index is 343. The van der Waals surface area contributed by atoms with Crippen molar-refractivity contribution in [3.05, 3.63) is 35.9 Å². The van der Waals surface area contributed by atoms with Crippen LogP contribution < -0.4 is 0 Å². The Morgan fingerprint density at radius 3 is 2.62 bits per heavy atom. The summed E-state index contributed by atoms with van der Waals surface area (Å²) in [6, 6.07) is 8.99. The van der Waals surface area contributed by atoms with Gasteiger partial charge in [0, 0.05) is 12.1 Å². The van der Waals surface area contributed by atoms with E-state index in [2.05, 4.69) is 0 Å². The van der Waals surface area contributed by atoms with Crippen LogP contribution in [0.15, 0.2) is 30.3 Å². The molecule has 0 bridgehead atoms. The van der Waals surface area contributed by atoms with Gasteiger partial charge in [-0.15, -0.1) is 0 Å². The van der Waals surface area contributed by atoms with Gasteiger partial charge in [-0.25, -0.2) is 4.90 Å². The Morgan fingerprint density at radius 1 is 1.31 bits per heavy atom. The van der Waals surface area contributed by atoms with Crippen LogP contribution in [0, 0.1) is 0 Å². The molecule has 1 aromatic carbocycles. The molecular weight excluding hydrogens is 206 g/mol. The number of hydrogen-bond donors (Lipinski definition) is 3. The first kappa shape index (κ1) is 11.5. The molecule has 2 atom stereocenters. The maximum Gasteiger partial charge on any atom is 0.172 e. The molecule has 4 nitrogen and oxygen atoms in total. The summed E-state index contributed by atoms with van der Waals surface area (Å²) in [4.78, 5) is 1.50. The number of aliphatic hydroxyl groups is 3. The lowest BCUT2D eigenvalue weighted by Crippen LogP contribution is -2.57. The summed E-state index contributed by atoms with van der Waals surface area (Å²) in [5.74, 6) is 0. The second kappa shape index (κ2) is 4.51. The van der Waals surface area contributed by atoms with Crippen LogP contribution in [0.25, 0.3) is 0 Å². The summed E-state index contributed by atoms with van der Waals surface area (Å²) in [6.07, 6.45) is 0.453. The Labute approximate surface area is 94.8 Å². The SMILES string of the molecule is OCN1CCCC(O)C1(O)c1ccccc1. The van der Waals surface area contributed by atoms with E-state index in [1.807, 2.05) is 18.2 Å². The van der Waals surface area contributed by atoms with Gasteiger partial charge in [0.15, 0.2) is 5.72 Å². The lowest BCUT2D eigenvalue weighted by Gasteiger charge is -2.45. The molecule has 1 aliphatic rings. The molecule has 0 aromatic heterocycles. The first-order chi connectivity index (χ1) is 7.69. The van der Waals surface area contributed by atoms with E-state index in [1.54, 1.807) is 12.1 Å². The van der Waals surface area contributed by atoms with E-state index < -0.39 is 11.8 Å². The van der Waals surface area contributed by atoms with Crippen molar-refractivity contribution in [2.75, 3.05) is 13.3 Å². The predicted octanol–water partition coefficient (Wildman–Crippen LogP) is 0.238. The highest BCUT2D eigenvalue weighted by atomic mass is 16.4. The minimum absolute atomic E-state index is 0.261. The molecule has 2 rings (SSSR count). The maximum atomic E-state index is 10.6. The summed E-state index contributed by atoms with van der Waals surface area (Å²) in [5.41, 5.74) is -0.842. The molecule has 1 aromatic rings. The second-order valence-corrected chi connectivity index (χ2v) is 4.16. The molecule has 1 fully saturated rings. The van der Waals surface area contributed by atoms with E-state index in [0.717, 1.165) is 6.42 Å². The Morgan fingerprint density at radius 2 is 2.00 bits per heavy atom. The van der Waals surface area contributed by atoms with Gasteiger partial charge < -0.3 is 15.3 Å². The third kappa shape index (κ3) is 1.74. The van der Waals surface area contributed by atoms with Crippen molar-refractivity contribution in [2.45, 2.75) is 24.7 Å². The van der Waals surface area contributed by atoms with Crippen LogP contribution in [0.5, 0.6) is 0 Å². The van der Waals surface area contributed by atoms with Gasteiger partial charge in [-0.05, 0) is 12.8 Å². The highest BCUT2D eigenvalue weighted by Gasteiger charge is 2.45. The largest absolute Gasteiger partial charge is 0.388 e. The highest BCUT2D eigenvalue weighted by Crippen LogP contribution is 2.34. The van der Waals surface area contributed by atoms with Gasteiger partial charge in [0.05, 0.1) is 6.73 Å². The minimum Gasteiger partial charge on any atom is -0.388 e. The van der Waals surface area contributed by atoms with E-state index in [0.29, 0.717) is 18.5 Å². The number of nitrogens with zero attached hydrogens (tertiary/aromatic N) is 1. The number of hydrogen-bond acceptors (Lipinski definition) is 4. The lowest BCUT2D eigenvalue weighted by molar-refractivity contribution is -0.225. The molecular formula is C12H17NO3. The van der Waals surface area contributed by atoms with E-state index in [-0.39, 0.29) is 6.73 Å². The molecule has 0 aliphatic carbocycles. The summed E-state index contributed by atoms with van der Waals surface area (Å²) >= 11 is 0. The molecule has 0 amide bonds.